The van der Waals surface area contributed by atoms with Crippen LogP contribution in [0, 0.1) is 0 Å². The van der Waals surface area contributed by atoms with Gasteiger partial charge in [0.25, 0.3) is 0 Å². The van der Waals surface area contributed by atoms with E-state index in [9.17, 15) is 8.42 Å². The first-order chi connectivity index (χ1) is 10.0. The second kappa shape index (κ2) is 9.17. The van der Waals surface area contributed by atoms with Crippen LogP contribution in [0.1, 0.15) is 26.2 Å². The van der Waals surface area contributed by atoms with Gasteiger partial charge in [-0.15, -0.1) is 0 Å². The lowest BCUT2D eigenvalue weighted by molar-refractivity contribution is 0.331. The van der Waals surface area contributed by atoms with Gasteiger partial charge in [-0.25, -0.2) is 13.1 Å². The van der Waals surface area contributed by atoms with Crippen molar-refractivity contribution in [2.24, 2.45) is 0 Å². The number of benzene rings is 1. The van der Waals surface area contributed by atoms with Crippen molar-refractivity contribution in [3.05, 3.63) is 18.2 Å². The van der Waals surface area contributed by atoms with Crippen LogP contribution in [0.3, 0.4) is 0 Å². The zero-order valence-corrected chi connectivity index (χ0v) is 14.2. The number of hydrogen-bond acceptors (Lipinski definition) is 5. The summed E-state index contributed by atoms with van der Waals surface area (Å²) < 4.78 is 32.6. The van der Waals surface area contributed by atoms with Gasteiger partial charge in [0.2, 0.25) is 10.0 Å². The van der Waals surface area contributed by atoms with E-state index in [1.807, 2.05) is 6.92 Å². The summed E-state index contributed by atoms with van der Waals surface area (Å²) >= 11 is 1.80. The van der Waals surface area contributed by atoms with Crippen molar-refractivity contribution in [2.45, 2.75) is 31.1 Å². The van der Waals surface area contributed by atoms with Gasteiger partial charge >= 0.3 is 0 Å². The standard InChI is InChI=1S/C14H24N2O3S2/c1-3-19-13-8-7-12(15)11-14(13)21(17,18)16-9-5-4-6-10-20-2/h7-8,11,16H,3-6,9-10,15H2,1-2H3. The molecule has 3 N–H and O–H groups in total. The van der Waals surface area contributed by atoms with Crippen LogP contribution >= 0.6 is 11.8 Å². The minimum Gasteiger partial charge on any atom is -0.492 e. The van der Waals surface area contributed by atoms with Crippen molar-refractivity contribution in [3.8, 4) is 5.75 Å². The van der Waals surface area contributed by atoms with Gasteiger partial charge in [-0.05, 0) is 50.0 Å². The summed E-state index contributed by atoms with van der Waals surface area (Å²) in [5.74, 6) is 1.44. The van der Waals surface area contributed by atoms with Gasteiger partial charge in [-0.3, -0.25) is 0 Å². The van der Waals surface area contributed by atoms with Crippen molar-refractivity contribution in [1.29, 1.82) is 0 Å². The van der Waals surface area contributed by atoms with E-state index in [0.717, 1.165) is 25.0 Å². The average Bonchev–Trinajstić information content (AvgIpc) is 2.45. The van der Waals surface area contributed by atoms with Crippen LogP contribution in [0.15, 0.2) is 23.1 Å². The highest BCUT2D eigenvalue weighted by Crippen LogP contribution is 2.26. The largest absolute Gasteiger partial charge is 0.492 e. The van der Waals surface area contributed by atoms with E-state index in [-0.39, 0.29) is 4.90 Å². The molecule has 1 aromatic carbocycles. The maximum Gasteiger partial charge on any atom is 0.244 e. The molecule has 21 heavy (non-hydrogen) atoms. The molecule has 0 aliphatic heterocycles. The predicted octanol–water partition coefficient (Wildman–Crippen LogP) is 2.48. The first-order valence-electron chi connectivity index (χ1n) is 7.02. The van der Waals surface area contributed by atoms with E-state index in [1.165, 1.54) is 6.07 Å². The van der Waals surface area contributed by atoms with Crippen LogP contribution in [0.25, 0.3) is 0 Å². The lowest BCUT2D eigenvalue weighted by atomic mass is 10.2. The molecule has 0 saturated heterocycles. The first kappa shape index (κ1) is 18.1. The Morgan fingerprint density at radius 2 is 2.05 bits per heavy atom. The van der Waals surface area contributed by atoms with Crippen LogP contribution < -0.4 is 15.2 Å². The number of ether oxygens (including phenoxy) is 1. The smallest absolute Gasteiger partial charge is 0.244 e. The number of nitrogens with two attached hydrogens (primary N) is 1. The third kappa shape index (κ3) is 6.15. The minimum atomic E-state index is -3.59. The fraction of sp³-hybridized carbons (Fsp3) is 0.571. The van der Waals surface area contributed by atoms with E-state index in [0.29, 0.717) is 24.6 Å². The summed E-state index contributed by atoms with van der Waals surface area (Å²) in [6.07, 6.45) is 5.01. The highest BCUT2D eigenvalue weighted by Gasteiger charge is 2.19. The van der Waals surface area contributed by atoms with Crippen molar-refractivity contribution in [2.75, 3.05) is 30.9 Å². The Labute approximate surface area is 131 Å². The van der Waals surface area contributed by atoms with Gasteiger partial charge in [0, 0.05) is 12.2 Å². The topological polar surface area (TPSA) is 81.4 Å². The maximum absolute atomic E-state index is 12.3. The van der Waals surface area contributed by atoms with Gasteiger partial charge in [0.15, 0.2) is 0 Å². The number of nitrogen functional groups attached to an aromatic ring is 1. The monoisotopic (exact) mass is 332 g/mol. The van der Waals surface area contributed by atoms with E-state index < -0.39 is 10.0 Å². The zero-order valence-electron chi connectivity index (χ0n) is 12.6. The third-order valence-corrected chi connectivity index (χ3v) is 5.05. The number of nitrogens with one attached hydrogen (secondary N) is 1. The Bertz CT molecular complexity index is 533. The molecule has 0 saturated carbocycles. The third-order valence-electron chi connectivity index (χ3n) is 2.87. The molecule has 0 aromatic heterocycles. The van der Waals surface area contributed by atoms with Crippen molar-refractivity contribution < 1.29 is 13.2 Å². The fourth-order valence-corrected chi connectivity index (χ4v) is 3.59. The van der Waals surface area contributed by atoms with Crippen LogP contribution in [-0.4, -0.2) is 33.6 Å². The molecule has 0 spiro atoms. The molecule has 0 heterocycles. The second-order valence-corrected chi connectivity index (χ2v) is 7.31. The fourth-order valence-electron chi connectivity index (χ4n) is 1.84. The summed E-state index contributed by atoms with van der Waals surface area (Å²) in [5, 5.41) is 0. The van der Waals surface area contributed by atoms with Gasteiger partial charge in [0.1, 0.15) is 10.6 Å². The maximum atomic E-state index is 12.3. The molecule has 0 atom stereocenters. The summed E-state index contributed by atoms with van der Waals surface area (Å²) in [5.41, 5.74) is 6.08. The van der Waals surface area contributed by atoms with E-state index in [1.54, 1.807) is 23.9 Å². The summed E-state index contributed by atoms with van der Waals surface area (Å²) in [6, 6.07) is 4.65. The molecule has 0 aliphatic rings. The Morgan fingerprint density at radius 3 is 2.71 bits per heavy atom. The van der Waals surface area contributed by atoms with Crippen LogP contribution in [0.5, 0.6) is 5.75 Å². The summed E-state index contributed by atoms with van der Waals surface area (Å²) in [4.78, 5) is 0.105. The molecule has 0 aliphatic carbocycles. The number of thioether (sulfide) groups is 1. The number of rotatable bonds is 10. The van der Waals surface area contributed by atoms with Crippen molar-refractivity contribution >= 4 is 27.5 Å². The molecular formula is C14H24N2O3S2. The molecule has 5 nitrogen and oxygen atoms in total. The van der Waals surface area contributed by atoms with Crippen molar-refractivity contribution in [3.63, 3.8) is 0 Å². The van der Waals surface area contributed by atoms with Crippen molar-refractivity contribution in [1.82, 2.24) is 4.72 Å². The normalized spacial score (nSPS) is 11.5. The number of hydrogen-bond donors (Lipinski definition) is 2. The van der Waals surface area contributed by atoms with Crippen LogP contribution in [0.2, 0.25) is 0 Å². The van der Waals surface area contributed by atoms with E-state index in [2.05, 4.69) is 11.0 Å². The molecule has 7 heteroatoms. The SMILES string of the molecule is CCOc1ccc(N)cc1S(=O)(=O)NCCCCCSC. The van der Waals surface area contributed by atoms with Crippen LogP contribution in [-0.2, 0) is 10.0 Å². The van der Waals surface area contributed by atoms with Gasteiger partial charge < -0.3 is 10.5 Å². The predicted molar refractivity (Wildman–Crippen MR) is 89.4 cm³/mol. The molecular weight excluding hydrogens is 308 g/mol. The summed E-state index contributed by atoms with van der Waals surface area (Å²) in [6.45, 7) is 2.64. The molecule has 1 rings (SSSR count). The number of unbranched alkanes of at least 4 members (excludes halogenated alkanes) is 2. The van der Waals surface area contributed by atoms with E-state index in [4.69, 9.17) is 10.5 Å². The Hall–Kier alpha value is -0.920. The molecule has 0 fully saturated rings. The number of anilines is 1. The lowest BCUT2D eigenvalue weighted by Crippen LogP contribution is -2.25. The minimum absolute atomic E-state index is 0.105. The molecule has 120 valence electrons. The van der Waals surface area contributed by atoms with Gasteiger partial charge in [-0.2, -0.15) is 11.8 Å². The highest BCUT2D eigenvalue weighted by atomic mass is 32.2. The molecule has 0 amide bonds. The number of sulfonamides is 1. The Balaban J connectivity index is 2.67. The molecule has 0 bridgehead atoms. The van der Waals surface area contributed by atoms with Gasteiger partial charge in [-0.1, -0.05) is 6.42 Å². The second-order valence-electron chi connectivity index (χ2n) is 4.59. The van der Waals surface area contributed by atoms with Crippen LogP contribution in [0.4, 0.5) is 5.69 Å². The quantitative estimate of drug-likeness (QED) is 0.508. The Kier molecular flexibility index (Phi) is 7.92. The molecule has 0 unspecified atom stereocenters. The summed E-state index contributed by atoms with van der Waals surface area (Å²) in [7, 11) is -3.59. The highest BCUT2D eigenvalue weighted by molar-refractivity contribution is 7.98. The van der Waals surface area contributed by atoms with Gasteiger partial charge in [0.05, 0.1) is 6.61 Å². The first-order valence-corrected chi connectivity index (χ1v) is 9.90. The average molecular weight is 332 g/mol. The van der Waals surface area contributed by atoms with E-state index >= 15 is 0 Å². The lowest BCUT2D eigenvalue weighted by Gasteiger charge is -2.12. The molecule has 1 aromatic rings. The Morgan fingerprint density at radius 1 is 1.29 bits per heavy atom. The molecule has 0 radical (unpaired) electrons. The zero-order chi connectivity index (χ0) is 15.7.